The highest BCUT2D eigenvalue weighted by Crippen LogP contribution is 2.36. The molecule has 1 atom stereocenters. The highest BCUT2D eigenvalue weighted by Gasteiger charge is 2.33. The van der Waals surface area contributed by atoms with Crippen LogP contribution >= 0.6 is 0 Å². The van der Waals surface area contributed by atoms with Crippen LogP contribution in [-0.2, 0) is 9.53 Å². The van der Waals surface area contributed by atoms with Crippen molar-refractivity contribution in [2.24, 2.45) is 16.6 Å². The molecule has 0 aromatic carbocycles. The molecule has 1 saturated carbocycles. The van der Waals surface area contributed by atoms with E-state index >= 15 is 0 Å². The Kier molecular flexibility index (Phi) is 4.23. The molecule has 0 heterocycles. The van der Waals surface area contributed by atoms with E-state index in [-0.39, 0.29) is 17.5 Å². The SMILES string of the molecule is CC1(C)CCC(OC(=O)[C@H](N)C(C)(C)C)CC1. The normalized spacial score (nSPS) is 23.2. The second-order valence-corrected chi connectivity index (χ2v) is 7.14. The molecule has 0 bridgehead atoms. The van der Waals surface area contributed by atoms with E-state index in [4.69, 9.17) is 10.5 Å². The van der Waals surface area contributed by atoms with Gasteiger partial charge in [-0.25, -0.2) is 0 Å². The maximum Gasteiger partial charge on any atom is 0.323 e. The van der Waals surface area contributed by atoms with Crippen molar-refractivity contribution in [3.05, 3.63) is 0 Å². The summed E-state index contributed by atoms with van der Waals surface area (Å²) < 4.78 is 5.51. The molecule has 1 aliphatic carbocycles. The second-order valence-electron chi connectivity index (χ2n) is 7.14. The molecule has 1 aliphatic rings. The fourth-order valence-corrected chi connectivity index (χ4v) is 2.08. The van der Waals surface area contributed by atoms with E-state index in [1.54, 1.807) is 0 Å². The lowest BCUT2D eigenvalue weighted by Gasteiger charge is -2.35. The van der Waals surface area contributed by atoms with Crippen molar-refractivity contribution in [3.63, 3.8) is 0 Å². The summed E-state index contributed by atoms with van der Waals surface area (Å²) in [5, 5.41) is 0. The highest BCUT2D eigenvalue weighted by atomic mass is 16.5. The van der Waals surface area contributed by atoms with Crippen LogP contribution < -0.4 is 5.73 Å². The van der Waals surface area contributed by atoms with Crippen molar-refractivity contribution >= 4 is 5.97 Å². The molecule has 1 fully saturated rings. The van der Waals surface area contributed by atoms with Gasteiger partial charge in [0.05, 0.1) is 0 Å². The predicted octanol–water partition coefficient (Wildman–Crippen LogP) is 2.87. The third-order valence-electron chi connectivity index (χ3n) is 3.76. The molecule has 2 N–H and O–H groups in total. The van der Waals surface area contributed by atoms with Crippen LogP contribution in [0.4, 0.5) is 0 Å². The monoisotopic (exact) mass is 241 g/mol. The standard InChI is InChI=1S/C14H27NO2/c1-13(2,3)11(15)12(16)17-10-6-8-14(4,5)9-7-10/h10-11H,6-9,15H2,1-5H3/t11-/m0/s1. The topological polar surface area (TPSA) is 52.3 Å². The molecular formula is C14H27NO2. The van der Waals surface area contributed by atoms with Crippen LogP contribution in [0.2, 0.25) is 0 Å². The van der Waals surface area contributed by atoms with Gasteiger partial charge in [0.1, 0.15) is 12.1 Å². The Morgan fingerprint density at radius 3 is 2.18 bits per heavy atom. The second kappa shape index (κ2) is 4.97. The Morgan fingerprint density at radius 2 is 1.76 bits per heavy atom. The molecule has 0 aromatic heterocycles. The first-order valence-electron chi connectivity index (χ1n) is 6.58. The van der Waals surface area contributed by atoms with E-state index in [0.717, 1.165) is 25.7 Å². The minimum atomic E-state index is -0.530. The zero-order valence-electron chi connectivity index (χ0n) is 11.9. The van der Waals surface area contributed by atoms with Crippen LogP contribution in [0.1, 0.15) is 60.3 Å². The number of rotatable bonds is 2. The van der Waals surface area contributed by atoms with E-state index < -0.39 is 6.04 Å². The molecule has 17 heavy (non-hydrogen) atoms. The number of ether oxygens (including phenoxy) is 1. The largest absolute Gasteiger partial charge is 0.461 e. The summed E-state index contributed by atoms with van der Waals surface area (Å²) in [7, 11) is 0. The number of carbonyl (C=O) groups excluding carboxylic acids is 1. The average Bonchev–Trinajstić information content (AvgIpc) is 2.18. The summed E-state index contributed by atoms with van der Waals surface area (Å²) in [6.07, 6.45) is 4.25. The van der Waals surface area contributed by atoms with Crippen LogP contribution in [0, 0.1) is 10.8 Å². The molecule has 3 nitrogen and oxygen atoms in total. The van der Waals surface area contributed by atoms with Gasteiger partial charge in [0.2, 0.25) is 0 Å². The first-order valence-corrected chi connectivity index (χ1v) is 6.58. The fraction of sp³-hybridized carbons (Fsp3) is 0.929. The van der Waals surface area contributed by atoms with Crippen molar-refractivity contribution < 1.29 is 9.53 Å². The lowest BCUT2D eigenvalue weighted by Crippen LogP contribution is -2.45. The highest BCUT2D eigenvalue weighted by molar-refractivity contribution is 5.76. The summed E-state index contributed by atoms with van der Waals surface area (Å²) in [4.78, 5) is 11.9. The Labute approximate surface area is 105 Å². The number of nitrogens with two attached hydrogens (primary N) is 1. The zero-order chi connectivity index (χ0) is 13.3. The third-order valence-corrected chi connectivity index (χ3v) is 3.76. The molecule has 100 valence electrons. The molecule has 0 amide bonds. The Balaban J connectivity index is 2.43. The van der Waals surface area contributed by atoms with Gasteiger partial charge < -0.3 is 10.5 Å². The summed E-state index contributed by atoms with van der Waals surface area (Å²) in [5.74, 6) is -0.248. The van der Waals surface area contributed by atoms with Crippen molar-refractivity contribution in [1.82, 2.24) is 0 Å². The number of esters is 1. The summed E-state index contributed by atoms with van der Waals surface area (Å²) in [5.41, 5.74) is 6.06. The van der Waals surface area contributed by atoms with Crippen molar-refractivity contribution in [2.75, 3.05) is 0 Å². The first kappa shape index (κ1) is 14.5. The molecule has 0 radical (unpaired) electrons. The van der Waals surface area contributed by atoms with Gasteiger partial charge in [-0.15, -0.1) is 0 Å². The summed E-state index contributed by atoms with van der Waals surface area (Å²) in [6.45, 7) is 10.4. The Hall–Kier alpha value is -0.570. The van der Waals surface area contributed by atoms with Gasteiger partial charge >= 0.3 is 5.97 Å². The molecule has 0 aliphatic heterocycles. The average molecular weight is 241 g/mol. The van der Waals surface area contributed by atoms with Gasteiger partial charge in [-0.3, -0.25) is 4.79 Å². The van der Waals surface area contributed by atoms with Gasteiger partial charge in [0.25, 0.3) is 0 Å². The molecular weight excluding hydrogens is 214 g/mol. The van der Waals surface area contributed by atoms with E-state index in [2.05, 4.69) is 13.8 Å². The van der Waals surface area contributed by atoms with Crippen LogP contribution in [-0.4, -0.2) is 18.1 Å². The minimum Gasteiger partial charge on any atom is -0.461 e. The smallest absolute Gasteiger partial charge is 0.323 e. The van der Waals surface area contributed by atoms with Gasteiger partial charge in [-0.05, 0) is 36.5 Å². The van der Waals surface area contributed by atoms with Gasteiger partial charge in [-0.1, -0.05) is 34.6 Å². The number of carbonyl (C=O) groups is 1. The van der Waals surface area contributed by atoms with E-state index in [1.807, 2.05) is 20.8 Å². The van der Waals surface area contributed by atoms with E-state index in [1.165, 1.54) is 0 Å². The van der Waals surface area contributed by atoms with Gasteiger partial charge in [-0.2, -0.15) is 0 Å². The van der Waals surface area contributed by atoms with E-state index in [0.29, 0.717) is 5.41 Å². The summed E-state index contributed by atoms with van der Waals surface area (Å²) >= 11 is 0. The number of hydrogen-bond donors (Lipinski definition) is 1. The van der Waals surface area contributed by atoms with Crippen molar-refractivity contribution in [1.29, 1.82) is 0 Å². The quantitative estimate of drug-likeness (QED) is 0.756. The lowest BCUT2D eigenvalue weighted by atomic mass is 9.76. The lowest BCUT2D eigenvalue weighted by molar-refractivity contribution is -0.155. The van der Waals surface area contributed by atoms with Crippen molar-refractivity contribution in [3.8, 4) is 0 Å². The van der Waals surface area contributed by atoms with Gasteiger partial charge in [0, 0.05) is 0 Å². The molecule has 1 rings (SSSR count). The summed E-state index contributed by atoms with van der Waals surface area (Å²) in [6, 6.07) is -0.530. The molecule has 0 unspecified atom stereocenters. The fourth-order valence-electron chi connectivity index (χ4n) is 2.08. The maximum absolute atomic E-state index is 11.9. The van der Waals surface area contributed by atoms with E-state index in [9.17, 15) is 4.79 Å². The van der Waals surface area contributed by atoms with Crippen LogP contribution in [0.3, 0.4) is 0 Å². The first-order chi connectivity index (χ1) is 7.62. The molecule has 0 saturated heterocycles. The third kappa shape index (κ3) is 4.30. The van der Waals surface area contributed by atoms with Crippen LogP contribution in [0.25, 0.3) is 0 Å². The Bertz CT molecular complexity index is 268. The predicted molar refractivity (Wildman–Crippen MR) is 69.6 cm³/mol. The zero-order valence-corrected chi connectivity index (χ0v) is 11.9. The van der Waals surface area contributed by atoms with Crippen LogP contribution in [0.5, 0.6) is 0 Å². The maximum atomic E-state index is 11.9. The van der Waals surface area contributed by atoms with Gasteiger partial charge in [0.15, 0.2) is 0 Å². The molecule has 3 heteroatoms. The molecule has 0 spiro atoms. The minimum absolute atomic E-state index is 0.0731. The number of hydrogen-bond acceptors (Lipinski definition) is 3. The molecule has 0 aromatic rings. The van der Waals surface area contributed by atoms with Crippen LogP contribution in [0.15, 0.2) is 0 Å². The Morgan fingerprint density at radius 1 is 1.29 bits per heavy atom. The van der Waals surface area contributed by atoms with Crippen molar-refractivity contribution in [2.45, 2.75) is 72.4 Å².